The standard InChI is InChI=1S/C20H26N2O3/c1-20(2,3)14-7-4-13-10-17(22-16(13)11-14)18(23)21-15-8-5-12(6-9-15)19(24)25/h4,7,10-12,15,22H,5-6,8-9H2,1-3H3,(H,21,23)(H,24,25). The highest BCUT2D eigenvalue weighted by molar-refractivity contribution is 5.98. The van der Waals surface area contributed by atoms with Crippen molar-refractivity contribution < 1.29 is 14.7 Å². The molecule has 1 heterocycles. The van der Waals surface area contributed by atoms with Crippen LogP contribution in [-0.2, 0) is 10.2 Å². The second kappa shape index (κ2) is 6.54. The minimum Gasteiger partial charge on any atom is -0.481 e. The molecule has 1 aromatic carbocycles. The van der Waals surface area contributed by atoms with Crippen molar-refractivity contribution in [3.8, 4) is 0 Å². The quantitative estimate of drug-likeness (QED) is 0.792. The first-order valence-electron chi connectivity index (χ1n) is 8.91. The van der Waals surface area contributed by atoms with Gasteiger partial charge in [-0.25, -0.2) is 0 Å². The maximum absolute atomic E-state index is 12.5. The first-order chi connectivity index (χ1) is 11.7. The minimum absolute atomic E-state index is 0.0552. The van der Waals surface area contributed by atoms with Gasteiger partial charge in [0.1, 0.15) is 5.69 Å². The molecule has 5 nitrogen and oxygen atoms in total. The predicted octanol–water partition coefficient (Wildman–Crippen LogP) is 3.84. The predicted molar refractivity (Wildman–Crippen MR) is 97.8 cm³/mol. The van der Waals surface area contributed by atoms with E-state index in [-0.39, 0.29) is 23.3 Å². The van der Waals surface area contributed by atoms with Crippen LogP contribution in [-0.4, -0.2) is 28.0 Å². The minimum atomic E-state index is -0.727. The molecule has 1 fully saturated rings. The van der Waals surface area contributed by atoms with E-state index in [1.807, 2.05) is 12.1 Å². The van der Waals surface area contributed by atoms with Gasteiger partial charge < -0.3 is 15.4 Å². The van der Waals surface area contributed by atoms with Gasteiger partial charge in [0.15, 0.2) is 0 Å². The number of nitrogens with one attached hydrogen (secondary N) is 2. The second-order valence-corrected chi connectivity index (χ2v) is 8.10. The zero-order valence-electron chi connectivity index (χ0n) is 15.1. The molecule has 25 heavy (non-hydrogen) atoms. The molecule has 1 aliphatic carbocycles. The highest BCUT2D eigenvalue weighted by Gasteiger charge is 2.27. The fourth-order valence-corrected chi connectivity index (χ4v) is 3.46. The van der Waals surface area contributed by atoms with Crippen molar-refractivity contribution in [3.05, 3.63) is 35.5 Å². The Kier molecular flexibility index (Phi) is 4.58. The molecule has 3 rings (SSSR count). The number of carboxylic acids is 1. The highest BCUT2D eigenvalue weighted by Crippen LogP contribution is 2.27. The number of aromatic amines is 1. The number of carboxylic acid groups (broad SMARTS) is 1. The monoisotopic (exact) mass is 342 g/mol. The molecule has 0 atom stereocenters. The van der Waals surface area contributed by atoms with E-state index in [0.717, 1.165) is 23.7 Å². The molecule has 1 saturated carbocycles. The van der Waals surface area contributed by atoms with Crippen molar-refractivity contribution in [2.45, 2.75) is 57.9 Å². The molecule has 0 unspecified atom stereocenters. The SMILES string of the molecule is CC(C)(C)c1ccc2cc(C(=O)NC3CCC(C(=O)O)CC3)[nH]c2c1. The Bertz CT molecular complexity index is 793. The van der Waals surface area contributed by atoms with Crippen molar-refractivity contribution in [1.82, 2.24) is 10.3 Å². The zero-order valence-corrected chi connectivity index (χ0v) is 15.1. The third-order valence-electron chi connectivity index (χ3n) is 5.14. The van der Waals surface area contributed by atoms with Crippen LogP contribution in [0.2, 0.25) is 0 Å². The number of amides is 1. The molecule has 2 aromatic rings. The Morgan fingerprint density at radius 2 is 1.80 bits per heavy atom. The van der Waals surface area contributed by atoms with Gasteiger partial charge in [0.25, 0.3) is 5.91 Å². The van der Waals surface area contributed by atoms with Crippen LogP contribution in [0.1, 0.15) is 62.5 Å². The summed E-state index contributed by atoms with van der Waals surface area (Å²) < 4.78 is 0. The van der Waals surface area contributed by atoms with Crippen molar-refractivity contribution >= 4 is 22.8 Å². The van der Waals surface area contributed by atoms with Gasteiger partial charge in [-0.15, -0.1) is 0 Å². The van der Waals surface area contributed by atoms with Crippen LogP contribution in [0.5, 0.6) is 0 Å². The van der Waals surface area contributed by atoms with E-state index in [1.165, 1.54) is 5.56 Å². The summed E-state index contributed by atoms with van der Waals surface area (Å²) in [4.78, 5) is 26.7. The summed E-state index contributed by atoms with van der Waals surface area (Å²) in [5.41, 5.74) is 2.80. The van der Waals surface area contributed by atoms with Crippen molar-refractivity contribution in [1.29, 1.82) is 0 Å². The fourth-order valence-electron chi connectivity index (χ4n) is 3.46. The number of hydrogen-bond donors (Lipinski definition) is 3. The number of aliphatic carboxylic acids is 1. The van der Waals surface area contributed by atoms with E-state index in [9.17, 15) is 9.59 Å². The maximum atomic E-state index is 12.5. The Balaban J connectivity index is 1.69. The van der Waals surface area contributed by atoms with E-state index in [4.69, 9.17) is 5.11 Å². The summed E-state index contributed by atoms with van der Waals surface area (Å²) in [6.45, 7) is 6.49. The summed E-state index contributed by atoms with van der Waals surface area (Å²) in [5, 5.41) is 13.1. The number of carbonyl (C=O) groups excluding carboxylic acids is 1. The van der Waals surface area contributed by atoms with E-state index < -0.39 is 5.97 Å². The number of rotatable bonds is 3. The molecule has 5 heteroatoms. The average Bonchev–Trinajstić information content (AvgIpc) is 2.97. The molecule has 1 amide bonds. The molecule has 0 aliphatic heterocycles. The Hall–Kier alpha value is -2.30. The lowest BCUT2D eigenvalue weighted by Crippen LogP contribution is -2.38. The van der Waals surface area contributed by atoms with Crippen LogP contribution in [0.25, 0.3) is 10.9 Å². The van der Waals surface area contributed by atoms with Crippen LogP contribution < -0.4 is 5.32 Å². The number of H-pyrrole nitrogens is 1. The number of fused-ring (bicyclic) bond motifs is 1. The largest absolute Gasteiger partial charge is 0.481 e. The van der Waals surface area contributed by atoms with Gasteiger partial charge in [-0.1, -0.05) is 32.9 Å². The molecule has 0 saturated heterocycles. The van der Waals surface area contributed by atoms with E-state index >= 15 is 0 Å². The second-order valence-electron chi connectivity index (χ2n) is 8.10. The molecule has 1 aromatic heterocycles. The molecule has 1 aliphatic rings. The van der Waals surface area contributed by atoms with Gasteiger partial charge in [-0.3, -0.25) is 9.59 Å². The lowest BCUT2D eigenvalue weighted by Gasteiger charge is -2.26. The molecule has 134 valence electrons. The van der Waals surface area contributed by atoms with Crippen molar-refractivity contribution in [2.24, 2.45) is 5.92 Å². The van der Waals surface area contributed by atoms with Gasteiger partial charge >= 0.3 is 5.97 Å². The summed E-state index contributed by atoms with van der Waals surface area (Å²) in [5.74, 6) is -1.11. The Morgan fingerprint density at radius 1 is 1.12 bits per heavy atom. The summed E-state index contributed by atoms with van der Waals surface area (Å²) in [6.07, 6.45) is 2.69. The summed E-state index contributed by atoms with van der Waals surface area (Å²) in [6, 6.07) is 8.18. The van der Waals surface area contributed by atoms with Crippen LogP contribution in [0.3, 0.4) is 0 Å². The highest BCUT2D eigenvalue weighted by atomic mass is 16.4. The smallest absolute Gasteiger partial charge is 0.306 e. The third-order valence-corrected chi connectivity index (χ3v) is 5.14. The van der Waals surface area contributed by atoms with Gasteiger partial charge in [0.2, 0.25) is 0 Å². The van der Waals surface area contributed by atoms with Crippen molar-refractivity contribution in [3.63, 3.8) is 0 Å². The normalized spacial score (nSPS) is 21.2. The molecule has 0 spiro atoms. The molecule has 0 bridgehead atoms. The molecular formula is C20H26N2O3. The molecule has 0 radical (unpaired) electrons. The number of carbonyl (C=O) groups is 2. The van der Waals surface area contributed by atoms with E-state index in [1.54, 1.807) is 0 Å². The fraction of sp³-hybridized carbons (Fsp3) is 0.500. The molecular weight excluding hydrogens is 316 g/mol. The first kappa shape index (κ1) is 17.5. The Labute approximate surface area is 147 Å². The van der Waals surface area contributed by atoms with Gasteiger partial charge in [0.05, 0.1) is 5.92 Å². The van der Waals surface area contributed by atoms with Gasteiger partial charge in [-0.2, -0.15) is 0 Å². The van der Waals surface area contributed by atoms with Crippen LogP contribution in [0, 0.1) is 5.92 Å². The third kappa shape index (κ3) is 3.86. The van der Waals surface area contributed by atoms with Crippen LogP contribution in [0.4, 0.5) is 0 Å². The van der Waals surface area contributed by atoms with Gasteiger partial charge in [-0.05, 0) is 48.8 Å². The summed E-state index contributed by atoms with van der Waals surface area (Å²) in [7, 11) is 0. The van der Waals surface area contributed by atoms with Crippen LogP contribution >= 0.6 is 0 Å². The van der Waals surface area contributed by atoms with E-state index in [0.29, 0.717) is 18.5 Å². The van der Waals surface area contributed by atoms with Gasteiger partial charge in [0, 0.05) is 16.9 Å². The Morgan fingerprint density at radius 3 is 2.40 bits per heavy atom. The van der Waals surface area contributed by atoms with Crippen molar-refractivity contribution in [2.75, 3.05) is 0 Å². The lowest BCUT2D eigenvalue weighted by molar-refractivity contribution is -0.142. The van der Waals surface area contributed by atoms with E-state index in [2.05, 4.69) is 43.2 Å². The molecule has 3 N–H and O–H groups in total. The summed E-state index contributed by atoms with van der Waals surface area (Å²) >= 11 is 0. The number of aromatic nitrogens is 1. The number of benzene rings is 1. The zero-order chi connectivity index (χ0) is 18.2. The first-order valence-corrected chi connectivity index (χ1v) is 8.91. The average molecular weight is 342 g/mol. The lowest BCUT2D eigenvalue weighted by atomic mass is 9.86. The van der Waals surface area contributed by atoms with Crippen LogP contribution in [0.15, 0.2) is 24.3 Å². The topological polar surface area (TPSA) is 82.2 Å². The maximum Gasteiger partial charge on any atom is 0.306 e. The number of hydrogen-bond acceptors (Lipinski definition) is 2.